The molecule has 7 heteroatoms. The Balaban J connectivity index is 1.46. The Hall–Kier alpha value is -4.18. The quantitative estimate of drug-likeness (QED) is 0.529. The van der Waals surface area contributed by atoms with Gasteiger partial charge in [0.15, 0.2) is 0 Å². The number of halogens is 1. The number of benzene rings is 2. The summed E-state index contributed by atoms with van der Waals surface area (Å²) >= 11 is 0. The minimum absolute atomic E-state index is 0.00164. The van der Waals surface area contributed by atoms with Crippen LogP contribution in [0.2, 0.25) is 0 Å². The highest BCUT2D eigenvalue weighted by Crippen LogP contribution is 2.17. The van der Waals surface area contributed by atoms with E-state index in [9.17, 15) is 4.39 Å². The summed E-state index contributed by atoms with van der Waals surface area (Å²) < 4.78 is 13.7. The van der Waals surface area contributed by atoms with Crippen LogP contribution in [0.25, 0.3) is 10.9 Å². The van der Waals surface area contributed by atoms with Crippen molar-refractivity contribution in [3.63, 3.8) is 0 Å². The monoisotopic (exact) mass is 381 g/mol. The van der Waals surface area contributed by atoms with Gasteiger partial charge in [0.25, 0.3) is 0 Å². The topological polar surface area (TPSA) is 99.9 Å². The number of nitrogens with one attached hydrogen (secondary N) is 1. The van der Waals surface area contributed by atoms with Gasteiger partial charge in [0.05, 0.1) is 16.8 Å². The van der Waals surface area contributed by atoms with E-state index in [1.165, 1.54) is 18.3 Å². The SMILES string of the molecule is N#Cc1ccc(C(=N)C=Nc2nc(Cc3ccc4ncccc4c3)c[n-]2)cc1F. The van der Waals surface area contributed by atoms with Gasteiger partial charge >= 0.3 is 0 Å². The molecule has 0 bridgehead atoms. The highest BCUT2D eigenvalue weighted by molar-refractivity contribution is 6.37. The van der Waals surface area contributed by atoms with Gasteiger partial charge in [0.1, 0.15) is 11.9 Å². The van der Waals surface area contributed by atoms with E-state index in [1.807, 2.05) is 24.3 Å². The van der Waals surface area contributed by atoms with Crippen LogP contribution in [-0.4, -0.2) is 21.9 Å². The van der Waals surface area contributed by atoms with Gasteiger partial charge in [-0.1, -0.05) is 18.2 Å². The van der Waals surface area contributed by atoms with Crippen LogP contribution in [0.3, 0.4) is 0 Å². The lowest BCUT2D eigenvalue weighted by atomic mass is 10.1. The number of imidazole rings is 1. The third kappa shape index (κ3) is 4.06. The van der Waals surface area contributed by atoms with Gasteiger partial charge in [-0.3, -0.25) is 4.98 Å². The van der Waals surface area contributed by atoms with Gasteiger partial charge in [0, 0.05) is 29.5 Å². The van der Waals surface area contributed by atoms with Gasteiger partial charge in [-0.05, 0) is 54.0 Å². The Morgan fingerprint density at radius 2 is 2.14 bits per heavy atom. The first kappa shape index (κ1) is 18.2. The fourth-order valence-corrected chi connectivity index (χ4v) is 2.88. The summed E-state index contributed by atoms with van der Waals surface area (Å²) in [5, 5.41) is 17.8. The predicted octanol–water partition coefficient (Wildman–Crippen LogP) is 3.96. The average molecular weight is 381 g/mol. The van der Waals surface area contributed by atoms with E-state index >= 15 is 0 Å². The molecule has 1 N–H and O–H groups in total. The lowest BCUT2D eigenvalue weighted by Gasteiger charge is -2.04. The van der Waals surface area contributed by atoms with Crippen LogP contribution in [-0.2, 0) is 6.42 Å². The fourth-order valence-electron chi connectivity index (χ4n) is 2.88. The number of fused-ring (bicyclic) bond motifs is 1. The standard InChI is InChI=1S/C22H14FN6/c23-19-10-15(4-5-17(19)11-24)20(25)13-28-22-27-12-18(29-22)9-14-3-6-21-16(8-14)2-1-7-26-21/h1-8,10,12-13,25H,9H2/q-1. The molecule has 2 aromatic heterocycles. The Morgan fingerprint density at radius 1 is 1.24 bits per heavy atom. The minimum atomic E-state index is -0.666. The van der Waals surface area contributed by atoms with Crippen molar-refractivity contribution in [3.8, 4) is 6.07 Å². The third-order valence-electron chi connectivity index (χ3n) is 4.33. The highest BCUT2D eigenvalue weighted by Gasteiger charge is 2.04. The van der Waals surface area contributed by atoms with Crippen molar-refractivity contribution in [1.82, 2.24) is 15.0 Å². The van der Waals surface area contributed by atoms with Crippen molar-refractivity contribution in [2.75, 3.05) is 0 Å². The molecule has 0 amide bonds. The number of nitrogens with zero attached hydrogens (tertiary/aromatic N) is 5. The van der Waals surface area contributed by atoms with Crippen LogP contribution in [0, 0.1) is 22.6 Å². The van der Waals surface area contributed by atoms with Gasteiger partial charge in [-0.25, -0.2) is 4.39 Å². The summed E-state index contributed by atoms with van der Waals surface area (Å²) in [5.74, 6) is -0.429. The summed E-state index contributed by atoms with van der Waals surface area (Å²) in [7, 11) is 0. The van der Waals surface area contributed by atoms with Crippen molar-refractivity contribution < 1.29 is 4.39 Å². The van der Waals surface area contributed by atoms with E-state index in [4.69, 9.17) is 10.7 Å². The van der Waals surface area contributed by atoms with Crippen LogP contribution >= 0.6 is 0 Å². The predicted molar refractivity (Wildman–Crippen MR) is 108 cm³/mol. The zero-order valence-corrected chi connectivity index (χ0v) is 15.2. The molecule has 0 aliphatic rings. The van der Waals surface area contributed by atoms with Crippen molar-refractivity contribution in [2.45, 2.75) is 6.42 Å². The van der Waals surface area contributed by atoms with E-state index < -0.39 is 5.82 Å². The molecular weight excluding hydrogens is 367 g/mol. The zero-order chi connectivity index (χ0) is 20.2. The first-order chi connectivity index (χ1) is 14.1. The number of nitriles is 1. The van der Waals surface area contributed by atoms with E-state index in [-0.39, 0.29) is 17.2 Å². The van der Waals surface area contributed by atoms with Crippen molar-refractivity contribution in [2.24, 2.45) is 4.99 Å². The molecule has 2 aromatic carbocycles. The first-order valence-electron chi connectivity index (χ1n) is 8.77. The molecule has 0 saturated carbocycles. The molecule has 29 heavy (non-hydrogen) atoms. The van der Waals surface area contributed by atoms with E-state index in [0.29, 0.717) is 12.0 Å². The number of aromatic nitrogens is 3. The summed E-state index contributed by atoms with van der Waals surface area (Å²) in [4.78, 5) is 16.9. The lowest BCUT2D eigenvalue weighted by Crippen LogP contribution is -2.01. The molecule has 4 rings (SSSR count). The molecule has 0 aliphatic heterocycles. The summed E-state index contributed by atoms with van der Waals surface area (Å²) in [6.45, 7) is 0. The summed E-state index contributed by atoms with van der Waals surface area (Å²) in [6, 6.07) is 15.7. The molecule has 0 fully saturated rings. The Morgan fingerprint density at radius 3 is 2.97 bits per heavy atom. The van der Waals surface area contributed by atoms with Gasteiger partial charge < -0.3 is 20.4 Å². The van der Waals surface area contributed by atoms with Crippen LogP contribution in [0.15, 0.2) is 65.9 Å². The maximum Gasteiger partial charge on any atom is 0.141 e. The highest BCUT2D eigenvalue weighted by atomic mass is 19.1. The molecule has 0 saturated heterocycles. The van der Waals surface area contributed by atoms with Crippen LogP contribution < -0.4 is 4.98 Å². The third-order valence-corrected chi connectivity index (χ3v) is 4.33. The molecule has 0 radical (unpaired) electrons. The first-order valence-corrected chi connectivity index (χ1v) is 8.77. The summed E-state index contributed by atoms with van der Waals surface area (Å²) in [6.07, 6.45) is 5.27. The number of aliphatic imine (C=N–C) groups is 1. The second kappa shape index (κ2) is 7.82. The van der Waals surface area contributed by atoms with E-state index in [2.05, 4.69) is 26.0 Å². The molecule has 6 nitrogen and oxygen atoms in total. The lowest BCUT2D eigenvalue weighted by molar-refractivity contribution is 0.623. The Bertz CT molecular complexity index is 1280. The van der Waals surface area contributed by atoms with Crippen molar-refractivity contribution in [1.29, 1.82) is 10.7 Å². The largest absolute Gasteiger partial charge is 0.366 e. The number of hydrogen-bond acceptors (Lipinski definition) is 5. The minimum Gasteiger partial charge on any atom is -0.366 e. The second-order valence-corrected chi connectivity index (χ2v) is 6.35. The van der Waals surface area contributed by atoms with E-state index in [0.717, 1.165) is 28.2 Å². The Labute approximate surface area is 165 Å². The Kier molecular flexibility index (Phi) is 4.91. The maximum atomic E-state index is 13.7. The summed E-state index contributed by atoms with van der Waals surface area (Å²) in [5.41, 5.74) is 3.04. The molecule has 0 unspecified atom stereocenters. The maximum absolute atomic E-state index is 13.7. The normalized spacial score (nSPS) is 11.0. The van der Waals surface area contributed by atoms with Crippen LogP contribution in [0.1, 0.15) is 22.4 Å². The smallest absolute Gasteiger partial charge is 0.141 e. The molecular formula is C22H14FN6-. The number of pyridine rings is 1. The zero-order valence-electron chi connectivity index (χ0n) is 15.2. The average Bonchev–Trinajstić information content (AvgIpc) is 3.19. The fraction of sp³-hybridized carbons (Fsp3) is 0.0455. The van der Waals surface area contributed by atoms with Gasteiger partial charge in [0.2, 0.25) is 0 Å². The van der Waals surface area contributed by atoms with Gasteiger partial charge in [-0.2, -0.15) is 5.26 Å². The molecule has 0 atom stereocenters. The molecule has 0 spiro atoms. The molecule has 140 valence electrons. The van der Waals surface area contributed by atoms with Gasteiger partial charge in [-0.15, -0.1) is 0 Å². The molecule has 0 aliphatic carbocycles. The van der Waals surface area contributed by atoms with Crippen molar-refractivity contribution in [3.05, 3.63) is 89.1 Å². The van der Waals surface area contributed by atoms with Crippen LogP contribution in [0.4, 0.5) is 10.3 Å². The van der Waals surface area contributed by atoms with Crippen molar-refractivity contribution >= 4 is 28.8 Å². The molecule has 2 heterocycles. The second-order valence-electron chi connectivity index (χ2n) is 6.35. The number of rotatable bonds is 5. The molecule has 4 aromatic rings. The van der Waals surface area contributed by atoms with Crippen LogP contribution in [0.5, 0.6) is 0 Å². The number of hydrogen-bond donors (Lipinski definition) is 1. The van der Waals surface area contributed by atoms with E-state index in [1.54, 1.807) is 18.5 Å².